The Morgan fingerprint density at radius 2 is 2.00 bits per heavy atom. The molecule has 1 aromatic carbocycles. The van der Waals surface area contributed by atoms with Gasteiger partial charge in [-0.05, 0) is 43.6 Å². The summed E-state index contributed by atoms with van der Waals surface area (Å²) in [5.74, 6) is -0.424. The summed E-state index contributed by atoms with van der Waals surface area (Å²) < 4.78 is 20.7. The van der Waals surface area contributed by atoms with Crippen molar-refractivity contribution in [2.24, 2.45) is 0 Å². The van der Waals surface area contributed by atoms with Gasteiger partial charge < -0.3 is 15.0 Å². The molecule has 8 heteroatoms. The molecule has 1 amide bonds. The highest BCUT2D eigenvalue weighted by Crippen LogP contribution is 2.24. The molecule has 0 aliphatic carbocycles. The predicted octanol–water partition coefficient (Wildman–Crippen LogP) is 1.56. The third-order valence-corrected chi connectivity index (χ3v) is 5.01. The van der Waals surface area contributed by atoms with Crippen LogP contribution in [0.15, 0.2) is 30.5 Å². The second-order valence-electron chi connectivity index (χ2n) is 6.73. The second-order valence-corrected chi connectivity index (χ2v) is 6.73. The van der Waals surface area contributed by atoms with Gasteiger partial charge in [0.15, 0.2) is 5.69 Å². The van der Waals surface area contributed by atoms with Crippen molar-refractivity contribution in [3.05, 3.63) is 47.5 Å². The maximum atomic E-state index is 13.1. The molecule has 2 aliphatic heterocycles. The zero-order chi connectivity index (χ0) is 17.9. The number of nitrogens with one attached hydrogen (secondary N) is 1. The number of carbonyl (C=O) groups is 1. The van der Waals surface area contributed by atoms with Gasteiger partial charge >= 0.3 is 0 Å². The van der Waals surface area contributed by atoms with Gasteiger partial charge in [0.25, 0.3) is 5.91 Å². The number of nitrogens with zero attached hydrogens (tertiary/aromatic N) is 4. The van der Waals surface area contributed by atoms with E-state index in [4.69, 9.17) is 4.74 Å². The van der Waals surface area contributed by atoms with Crippen LogP contribution in [0.1, 0.15) is 41.0 Å². The van der Waals surface area contributed by atoms with Crippen molar-refractivity contribution in [3.8, 4) is 0 Å². The summed E-state index contributed by atoms with van der Waals surface area (Å²) in [4.78, 5) is 14.5. The van der Waals surface area contributed by atoms with Crippen molar-refractivity contribution >= 4 is 5.91 Å². The van der Waals surface area contributed by atoms with Crippen LogP contribution in [-0.2, 0) is 4.74 Å². The second kappa shape index (κ2) is 7.51. The molecule has 2 aliphatic rings. The molecule has 4 rings (SSSR count). The Morgan fingerprint density at radius 1 is 1.23 bits per heavy atom. The number of amides is 1. The van der Waals surface area contributed by atoms with Crippen LogP contribution in [0.5, 0.6) is 0 Å². The number of carbonyl (C=O) groups excluding carboxylic acids is 1. The van der Waals surface area contributed by atoms with Gasteiger partial charge in [-0.3, -0.25) is 4.79 Å². The van der Waals surface area contributed by atoms with E-state index < -0.39 is 0 Å². The number of hydrogen-bond donors (Lipinski definition) is 1. The van der Waals surface area contributed by atoms with Crippen LogP contribution in [0.3, 0.4) is 0 Å². The first-order valence-corrected chi connectivity index (χ1v) is 8.99. The summed E-state index contributed by atoms with van der Waals surface area (Å²) >= 11 is 0. The molecule has 1 atom stereocenters. The zero-order valence-corrected chi connectivity index (χ0v) is 14.5. The van der Waals surface area contributed by atoms with Crippen molar-refractivity contribution in [1.82, 2.24) is 25.2 Å². The first-order valence-electron chi connectivity index (χ1n) is 8.99. The maximum absolute atomic E-state index is 13.1. The molecule has 2 aromatic rings. The van der Waals surface area contributed by atoms with E-state index in [0.717, 1.165) is 31.5 Å². The van der Waals surface area contributed by atoms with E-state index in [9.17, 15) is 9.18 Å². The topological polar surface area (TPSA) is 72.3 Å². The van der Waals surface area contributed by atoms with Gasteiger partial charge in [0.05, 0.1) is 25.4 Å². The summed E-state index contributed by atoms with van der Waals surface area (Å²) in [7, 11) is 0. The van der Waals surface area contributed by atoms with E-state index in [2.05, 4.69) is 15.6 Å². The molecular formula is C18H22FN5O2. The third kappa shape index (κ3) is 3.61. The standard InChI is InChI=1S/C18H22FN5O2/c19-14-3-1-13(2-4-14)17-12-23(9-10-26-17)18(25)16-11-24(22-21-16)15-5-7-20-8-6-15/h1-4,11,15,17,20H,5-10,12H2. The average Bonchev–Trinajstić information content (AvgIpc) is 3.19. The van der Waals surface area contributed by atoms with Crippen molar-refractivity contribution in [2.45, 2.75) is 25.0 Å². The largest absolute Gasteiger partial charge is 0.370 e. The SMILES string of the molecule is O=C(c1cn(C2CCNCC2)nn1)N1CCOC(c2ccc(F)cc2)C1. The number of rotatable bonds is 3. The van der Waals surface area contributed by atoms with Crippen molar-refractivity contribution in [1.29, 1.82) is 0 Å². The Morgan fingerprint density at radius 3 is 2.77 bits per heavy atom. The van der Waals surface area contributed by atoms with E-state index in [0.29, 0.717) is 31.4 Å². The molecule has 1 N–H and O–H groups in total. The predicted molar refractivity (Wildman–Crippen MR) is 92.2 cm³/mol. The fourth-order valence-electron chi connectivity index (χ4n) is 3.50. The smallest absolute Gasteiger partial charge is 0.276 e. The summed E-state index contributed by atoms with van der Waals surface area (Å²) in [6.07, 6.45) is 3.47. The van der Waals surface area contributed by atoms with Gasteiger partial charge in [-0.2, -0.15) is 0 Å². The number of benzene rings is 1. The Labute approximate surface area is 151 Å². The lowest BCUT2D eigenvalue weighted by atomic mass is 10.1. The van der Waals surface area contributed by atoms with E-state index in [1.807, 2.05) is 4.68 Å². The molecule has 2 saturated heterocycles. The lowest BCUT2D eigenvalue weighted by molar-refractivity contribution is -0.0230. The minimum atomic E-state index is -0.285. The Balaban J connectivity index is 1.44. The highest BCUT2D eigenvalue weighted by atomic mass is 19.1. The molecule has 26 heavy (non-hydrogen) atoms. The van der Waals surface area contributed by atoms with Crippen LogP contribution in [0.25, 0.3) is 0 Å². The molecule has 138 valence electrons. The third-order valence-electron chi connectivity index (χ3n) is 5.01. The minimum absolute atomic E-state index is 0.138. The molecule has 0 bridgehead atoms. The normalized spacial score (nSPS) is 21.7. The van der Waals surface area contributed by atoms with Gasteiger partial charge in [0.1, 0.15) is 11.9 Å². The summed E-state index contributed by atoms with van der Waals surface area (Å²) in [6.45, 7) is 3.28. The first kappa shape index (κ1) is 17.1. The Bertz CT molecular complexity index is 757. The number of morpholine rings is 1. The van der Waals surface area contributed by atoms with E-state index >= 15 is 0 Å². The monoisotopic (exact) mass is 359 g/mol. The number of aromatic nitrogens is 3. The van der Waals surface area contributed by atoms with Crippen LogP contribution in [0.4, 0.5) is 4.39 Å². The Hall–Kier alpha value is -2.32. The van der Waals surface area contributed by atoms with E-state index in [1.54, 1.807) is 23.2 Å². The van der Waals surface area contributed by atoms with Crippen molar-refractivity contribution in [3.63, 3.8) is 0 Å². The molecule has 3 heterocycles. The Kier molecular flexibility index (Phi) is 4.94. The molecule has 7 nitrogen and oxygen atoms in total. The number of ether oxygens (including phenoxy) is 1. The van der Waals surface area contributed by atoms with Crippen LogP contribution < -0.4 is 5.32 Å². The van der Waals surface area contributed by atoms with Crippen LogP contribution in [-0.4, -0.2) is 58.6 Å². The van der Waals surface area contributed by atoms with E-state index in [1.165, 1.54) is 12.1 Å². The minimum Gasteiger partial charge on any atom is -0.370 e. The summed E-state index contributed by atoms with van der Waals surface area (Å²) in [6, 6.07) is 6.50. The van der Waals surface area contributed by atoms with Crippen LogP contribution >= 0.6 is 0 Å². The molecule has 0 radical (unpaired) electrons. The first-order chi connectivity index (χ1) is 12.7. The molecule has 0 spiro atoms. The fourth-order valence-corrected chi connectivity index (χ4v) is 3.50. The lowest BCUT2D eigenvalue weighted by Gasteiger charge is -2.32. The van der Waals surface area contributed by atoms with Gasteiger partial charge in [0, 0.05) is 6.54 Å². The number of halogens is 1. The fraction of sp³-hybridized carbons (Fsp3) is 0.500. The lowest BCUT2D eigenvalue weighted by Crippen LogP contribution is -2.42. The summed E-state index contributed by atoms with van der Waals surface area (Å²) in [5.41, 5.74) is 1.23. The molecule has 1 aromatic heterocycles. The number of piperidine rings is 1. The maximum Gasteiger partial charge on any atom is 0.276 e. The summed E-state index contributed by atoms with van der Waals surface area (Å²) in [5, 5.41) is 11.6. The highest BCUT2D eigenvalue weighted by Gasteiger charge is 2.28. The van der Waals surface area contributed by atoms with Crippen LogP contribution in [0.2, 0.25) is 0 Å². The average molecular weight is 359 g/mol. The molecule has 2 fully saturated rings. The van der Waals surface area contributed by atoms with Crippen molar-refractivity contribution in [2.75, 3.05) is 32.8 Å². The quantitative estimate of drug-likeness (QED) is 0.900. The van der Waals surface area contributed by atoms with Gasteiger partial charge in [-0.1, -0.05) is 17.3 Å². The molecule has 1 unspecified atom stereocenters. The van der Waals surface area contributed by atoms with Gasteiger partial charge in [-0.15, -0.1) is 5.10 Å². The molecular weight excluding hydrogens is 337 g/mol. The number of hydrogen-bond acceptors (Lipinski definition) is 5. The molecule has 0 saturated carbocycles. The zero-order valence-electron chi connectivity index (χ0n) is 14.5. The van der Waals surface area contributed by atoms with Gasteiger partial charge in [-0.25, -0.2) is 9.07 Å². The highest BCUT2D eigenvalue weighted by molar-refractivity contribution is 5.92. The van der Waals surface area contributed by atoms with Gasteiger partial charge in [0.2, 0.25) is 0 Å². The van der Waals surface area contributed by atoms with Crippen LogP contribution in [0, 0.1) is 5.82 Å². The van der Waals surface area contributed by atoms with Crippen molar-refractivity contribution < 1.29 is 13.9 Å². The van der Waals surface area contributed by atoms with E-state index in [-0.39, 0.29) is 17.8 Å².